The molecule has 1 aromatic heterocycles. The van der Waals surface area contributed by atoms with Crippen LogP contribution < -0.4 is 15.7 Å². The summed E-state index contributed by atoms with van der Waals surface area (Å²) in [5.41, 5.74) is 1.88. The second kappa shape index (κ2) is 10.9. The maximum Gasteiger partial charge on any atom is 0.349 e. The number of nitrogens with zero attached hydrogens (tertiary/aromatic N) is 1. The number of carbonyl (C=O) groups is 1. The minimum absolute atomic E-state index is 0.139. The van der Waals surface area contributed by atoms with Crippen molar-refractivity contribution in [3.05, 3.63) is 103 Å². The van der Waals surface area contributed by atoms with Crippen LogP contribution >= 0.6 is 23.2 Å². The van der Waals surface area contributed by atoms with Crippen molar-refractivity contribution in [2.24, 2.45) is 0 Å². The van der Waals surface area contributed by atoms with Crippen LogP contribution in [-0.2, 0) is 0 Å². The Kier molecular flexibility index (Phi) is 7.64. The van der Waals surface area contributed by atoms with E-state index in [1.807, 2.05) is 6.92 Å². The molecule has 1 heterocycles. The summed E-state index contributed by atoms with van der Waals surface area (Å²) in [5.74, 6) is -0.653. The first kappa shape index (κ1) is 25.3. The van der Waals surface area contributed by atoms with Crippen LogP contribution in [0.25, 0.3) is 11.0 Å². The number of benzene rings is 3. The molecule has 1 unspecified atom stereocenters. The van der Waals surface area contributed by atoms with Gasteiger partial charge in [-0.25, -0.2) is 4.79 Å². The summed E-state index contributed by atoms with van der Waals surface area (Å²) in [6.07, 6.45) is 0.851. The molecule has 1 atom stereocenters. The quantitative estimate of drug-likeness (QED) is 0.262. The summed E-state index contributed by atoms with van der Waals surface area (Å²) < 4.78 is 11.0. The molecule has 4 rings (SSSR count). The van der Waals surface area contributed by atoms with Gasteiger partial charge in [-0.05, 0) is 66.4 Å². The summed E-state index contributed by atoms with van der Waals surface area (Å²) in [7, 11) is 0. The first-order valence-electron chi connectivity index (χ1n) is 11.3. The Morgan fingerprint density at radius 3 is 2.56 bits per heavy atom. The van der Waals surface area contributed by atoms with Gasteiger partial charge in [-0.3, -0.25) is 4.79 Å². The van der Waals surface area contributed by atoms with Crippen LogP contribution in [0.1, 0.15) is 46.3 Å². The van der Waals surface area contributed by atoms with Crippen molar-refractivity contribution in [1.29, 1.82) is 5.26 Å². The zero-order chi connectivity index (χ0) is 25.8. The summed E-state index contributed by atoms with van der Waals surface area (Å²) in [6, 6.07) is 19.2. The molecule has 8 heteroatoms. The van der Waals surface area contributed by atoms with Crippen LogP contribution in [-0.4, -0.2) is 12.5 Å². The minimum Gasteiger partial charge on any atom is -0.493 e. The number of carbonyl (C=O) groups excluding carboxylic acids is 1. The smallest absolute Gasteiger partial charge is 0.349 e. The molecule has 1 amide bonds. The van der Waals surface area contributed by atoms with Crippen molar-refractivity contribution in [1.82, 2.24) is 0 Å². The summed E-state index contributed by atoms with van der Waals surface area (Å²) >= 11 is 12.5. The van der Waals surface area contributed by atoms with E-state index < -0.39 is 17.5 Å². The number of aryl methyl sites for hydroxylation is 1. The highest BCUT2D eigenvalue weighted by Gasteiger charge is 2.20. The van der Waals surface area contributed by atoms with Gasteiger partial charge in [0.2, 0.25) is 0 Å². The molecule has 182 valence electrons. The Morgan fingerprint density at radius 1 is 1.11 bits per heavy atom. The highest BCUT2D eigenvalue weighted by Crippen LogP contribution is 2.34. The van der Waals surface area contributed by atoms with Crippen LogP contribution in [0.4, 0.5) is 5.69 Å². The molecule has 0 saturated heterocycles. The van der Waals surface area contributed by atoms with Crippen LogP contribution in [0.3, 0.4) is 0 Å². The number of hydrogen-bond acceptors (Lipinski definition) is 5. The van der Waals surface area contributed by atoms with E-state index in [4.69, 9.17) is 32.4 Å². The number of nitriles is 1. The average molecular weight is 521 g/mol. The largest absolute Gasteiger partial charge is 0.493 e. The number of anilines is 1. The second-order valence-corrected chi connectivity index (χ2v) is 9.10. The highest BCUT2D eigenvalue weighted by atomic mass is 35.5. The summed E-state index contributed by atoms with van der Waals surface area (Å²) in [4.78, 5) is 25.5. The van der Waals surface area contributed by atoms with Crippen LogP contribution in [0.2, 0.25) is 10.0 Å². The summed E-state index contributed by atoms with van der Waals surface area (Å²) in [6.45, 7) is 4.33. The molecule has 0 spiro atoms. The molecule has 0 bridgehead atoms. The van der Waals surface area contributed by atoms with E-state index in [0.29, 0.717) is 50.2 Å². The molecule has 1 N–H and O–H groups in total. The lowest BCUT2D eigenvalue weighted by molar-refractivity contribution is 0.102. The molecule has 6 nitrogen and oxygen atoms in total. The lowest BCUT2D eigenvalue weighted by atomic mass is 9.91. The molecule has 0 aliphatic rings. The number of halogens is 2. The molecule has 0 fully saturated rings. The standard InChI is InChI=1S/C28H22Cl2N2O4/c1-3-10-35-20-9-6-18-12-22(28(34)36-26(18)13-20)27(33)32-25-14-24(30)21(11-16(25)2)23(15-31)17-4-7-19(29)8-5-17/h4-9,11-14,23H,3,10H2,1-2H3,(H,32,33). The monoisotopic (exact) mass is 520 g/mol. The zero-order valence-corrected chi connectivity index (χ0v) is 21.1. The van der Waals surface area contributed by atoms with E-state index in [2.05, 4.69) is 11.4 Å². The van der Waals surface area contributed by atoms with Crippen molar-refractivity contribution < 1.29 is 13.9 Å². The number of rotatable bonds is 7. The maximum atomic E-state index is 13.0. The molecular formula is C28H22Cl2N2O4. The van der Waals surface area contributed by atoms with Gasteiger partial charge in [0.25, 0.3) is 5.91 Å². The predicted molar refractivity (Wildman–Crippen MR) is 141 cm³/mol. The predicted octanol–water partition coefficient (Wildman–Crippen LogP) is 7.10. The van der Waals surface area contributed by atoms with Crippen molar-refractivity contribution in [3.8, 4) is 11.8 Å². The molecule has 4 aromatic rings. The fourth-order valence-corrected chi connectivity index (χ4v) is 4.19. The van der Waals surface area contributed by atoms with Gasteiger partial charge < -0.3 is 14.5 Å². The molecule has 3 aromatic carbocycles. The van der Waals surface area contributed by atoms with E-state index in [1.54, 1.807) is 61.5 Å². The van der Waals surface area contributed by atoms with Crippen LogP contribution in [0, 0.1) is 18.3 Å². The van der Waals surface area contributed by atoms with Gasteiger partial charge in [-0.2, -0.15) is 5.26 Å². The lowest BCUT2D eigenvalue weighted by Crippen LogP contribution is -2.21. The molecule has 0 saturated carbocycles. The number of ether oxygens (including phenoxy) is 1. The van der Waals surface area contributed by atoms with Gasteiger partial charge in [-0.15, -0.1) is 0 Å². The van der Waals surface area contributed by atoms with Crippen LogP contribution in [0.5, 0.6) is 5.75 Å². The fraction of sp³-hybridized carbons (Fsp3) is 0.179. The maximum absolute atomic E-state index is 13.0. The van der Waals surface area contributed by atoms with E-state index in [1.165, 1.54) is 6.07 Å². The molecule has 0 aliphatic carbocycles. The first-order chi connectivity index (χ1) is 17.3. The van der Waals surface area contributed by atoms with Crippen molar-refractivity contribution in [2.75, 3.05) is 11.9 Å². The Balaban J connectivity index is 1.61. The van der Waals surface area contributed by atoms with Crippen molar-refractivity contribution >= 4 is 45.8 Å². The normalized spacial score (nSPS) is 11.6. The summed E-state index contributed by atoms with van der Waals surface area (Å²) in [5, 5.41) is 14.0. The van der Waals surface area contributed by atoms with Gasteiger partial charge in [0.15, 0.2) is 0 Å². The van der Waals surface area contributed by atoms with Gasteiger partial charge in [0, 0.05) is 27.2 Å². The van der Waals surface area contributed by atoms with E-state index in [9.17, 15) is 14.9 Å². The lowest BCUT2D eigenvalue weighted by Gasteiger charge is -2.16. The Hall–Kier alpha value is -3.79. The number of amides is 1. The first-order valence-corrected chi connectivity index (χ1v) is 12.0. The van der Waals surface area contributed by atoms with Crippen molar-refractivity contribution in [3.63, 3.8) is 0 Å². The van der Waals surface area contributed by atoms with Gasteiger partial charge in [0.1, 0.15) is 16.9 Å². The molecule has 36 heavy (non-hydrogen) atoms. The third-order valence-electron chi connectivity index (χ3n) is 5.66. The van der Waals surface area contributed by atoms with Gasteiger partial charge in [-0.1, -0.05) is 48.3 Å². The average Bonchev–Trinajstić information content (AvgIpc) is 2.86. The SMILES string of the molecule is CCCOc1ccc2cc(C(=O)Nc3cc(Cl)c(C(C#N)c4ccc(Cl)cc4)cc3C)c(=O)oc2c1. The topological polar surface area (TPSA) is 92.3 Å². The molecule has 0 aliphatic heterocycles. The van der Waals surface area contributed by atoms with E-state index in [-0.39, 0.29) is 5.56 Å². The Morgan fingerprint density at radius 2 is 1.86 bits per heavy atom. The van der Waals surface area contributed by atoms with Gasteiger partial charge in [0.05, 0.1) is 18.6 Å². The second-order valence-electron chi connectivity index (χ2n) is 8.25. The van der Waals surface area contributed by atoms with Gasteiger partial charge >= 0.3 is 5.63 Å². The Bertz CT molecular complexity index is 1540. The zero-order valence-electron chi connectivity index (χ0n) is 19.6. The minimum atomic E-state index is -0.764. The van der Waals surface area contributed by atoms with E-state index in [0.717, 1.165) is 12.0 Å². The van der Waals surface area contributed by atoms with Crippen LogP contribution in [0.15, 0.2) is 69.9 Å². The fourth-order valence-electron chi connectivity index (χ4n) is 3.79. The molecular weight excluding hydrogens is 499 g/mol. The number of fused-ring (bicyclic) bond motifs is 1. The third-order valence-corrected chi connectivity index (χ3v) is 6.24. The number of nitrogens with one attached hydrogen (secondary N) is 1. The molecule has 0 radical (unpaired) electrons. The Labute approximate surface area is 218 Å². The van der Waals surface area contributed by atoms with Crippen molar-refractivity contribution in [2.45, 2.75) is 26.2 Å². The third kappa shape index (κ3) is 5.38. The van der Waals surface area contributed by atoms with E-state index >= 15 is 0 Å². The highest BCUT2D eigenvalue weighted by molar-refractivity contribution is 6.32. The number of hydrogen-bond donors (Lipinski definition) is 1.